The lowest BCUT2D eigenvalue weighted by molar-refractivity contribution is 0.0374. The highest BCUT2D eigenvalue weighted by Gasteiger charge is 2.08. The van der Waals surface area contributed by atoms with Crippen molar-refractivity contribution in [1.29, 1.82) is 0 Å². The molecule has 0 amide bonds. The number of morpholine rings is 1. The molecule has 1 aliphatic heterocycles. The van der Waals surface area contributed by atoms with Crippen LogP contribution in [0.3, 0.4) is 0 Å². The Hall–Kier alpha value is -0.160. The smallest absolute Gasteiger partial charge is 0.0594 e. The number of ether oxygens (including phenoxy) is 2. The van der Waals surface area contributed by atoms with Crippen molar-refractivity contribution in [3.8, 4) is 0 Å². The number of nitrogens with one attached hydrogen (secondary N) is 1. The predicted molar refractivity (Wildman–Crippen MR) is 65.9 cm³/mol. The summed E-state index contributed by atoms with van der Waals surface area (Å²) in [7, 11) is 0. The van der Waals surface area contributed by atoms with Gasteiger partial charge in [0.05, 0.1) is 19.8 Å². The molecule has 96 valence electrons. The van der Waals surface area contributed by atoms with Gasteiger partial charge in [-0.05, 0) is 25.9 Å². The van der Waals surface area contributed by atoms with Gasteiger partial charge in [0.25, 0.3) is 0 Å². The molecule has 1 heterocycles. The van der Waals surface area contributed by atoms with E-state index in [0.717, 1.165) is 59.0 Å². The van der Waals surface area contributed by atoms with Crippen molar-refractivity contribution in [2.24, 2.45) is 0 Å². The van der Waals surface area contributed by atoms with E-state index in [-0.39, 0.29) is 0 Å². The summed E-state index contributed by atoms with van der Waals surface area (Å²) in [5.41, 5.74) is 0. The van der Waals surface area contributed by atoms with Gasteiger partial charge in [-0.25, -0.2) is 0 Å². The van der Waals surface area contributed by atoms with Crippen LogP contribution in [0.5, 0.6) is 0 Å². The monoisotopic (exact) mass is 230 g/mol. The van der Waals surface area contributed by atoms with Crippen LogP contribution >= 0.6 is 0 Å². The lowest BCUT2D eigenvalue weighted by Gasteiger charge is -2.26. The van der Waals surface area contributed by atoms with E-state index < -0.39 is 0 Å². The van der Waals surface area contributed by atoms with Gasteiger partial charge in [-0.1, -0.05) is 6.92 Å². The zero-order valence-electron chi connectivity index (χ0n) is 10.5. The summed E-state index contributed by atoms with van der Waals surface area (Å²) in [6, 6.07) is 0. The normalized spacial score (nSPS) is 17.8. The molecular formula is C12H26N2O2. The molecule has 1 saturated heterocycles. The Kier molecular flexibility index (Phi) is 8.71. The van der Waals surface area contributed by atoms with Crippen LogP contribution in [0.4, 0.5) is 0 Å². The maximum absolute atomic E-state index is 5.39. The van der Waals surface area contributed by atoms with Crippen LogP contribution in [-0.2, 0) is 9.47 Å². The van der Waals surface area contributed by atoms with Gasteiger partial charge in [-0.15, -0.1) is 0 Å². The fourth-order valence-corrected chi connectivity index (χ4v) is 1.77. The van der Waals surface area contributed by atoms with E-state index in [0.29, 0.717) is 0 Å². The van der Waals surface area contributed by atoms with Crippen molar-refractivity contribution >= 4 is 0 Å². The molecule has 0 aromatic heterocycles. The predicted octanol–water partition coefficient (Wildman–Crippen LogP) is 0.725. The molecule has 0 spiro atoms. The highest BCUT2D eigenvalue weighted by molar-refractivity contribution is 4.62. The van der Waals surface area contributed by atoms with Crippen molar-refractivity contribution < 1.29 is 9.47 Å². The Bertz CT molecular complexity index is 150. The van der Waals surface area contributed by atoms with E-state index in [9.17, 15) is 0 Å². The standard InChI is InChI=1S/C12H26N2O2/c1-2-9-15-10-5-13-4-3-6-14-7-11-16-12-8-14/h13H,2-12H2,1H3. The molecule has 1 N–H and O–H groups in total. The molecule has 16 heavy (non-hydrogen) atoms. The second-order valence-corrected chi connectivity index (χ2v) is 4.17. The van der Waals surface area contributed by atoms with Crippen LogP contribution in [-0.4, -0.2) is 64.1 Å². The van der Waals surface area contributed by atoms with Gasteiger partial charge < -0.3 is 14.8 Å². The van der Waals surface area contributed by atoms with Crippen molar-refractivity contribution in [1.82, 2.24) is 10.2 Å². The Morgan fingerprint density at radius 1 is 1.19 bits per heavy atom. The SMILES string of the molecule is CCCOCCNCCCN1CCOCC1. The maximum atomic E-state index is 5.39. The molecule has 0 aliphatic carbocycles. The van der Waals surface area contributed by atoms with Gasteiger partial charge in [0, 0.05) is 26.2 Å². The Balaban J connectivity index is 1.77. The first kappa shape index (κ1) is 13.9. The Labute approximate surface area is 99.3 Å². The maximum Gasteiger partial charge on any atom is 0.0594 e. The molecule has 0 atom stereocenters. The van der Waals surface area contributed by atoms with E-state index in [1.165, 1.54) is 13.0 Å². The third-order valence-electron chi connectivity index (χ3n) is 2.70. The lowest BCUT2D eigenvalue weighted by Crippen LogP contribution is -2.37. The number of hydrogen-bond acceptors (Lipinski definition) is 4. The van der Waals surface area contributed by atoms with Gasteiger partial charge in [0.2, 0.25) is 0 Å². The fourth-order valence-electron chi connectivity index (χ4n) is 1.77. The zero-order chi connectivity index (χ0) is 11.5. The first-order valence-electron chi connectivity index (χ1n) is 6.52. The second kappa shape index (κ2) is 10.0. The Morgan fingerprint density at radius 2 is 2.00 bits per heavy atom. The minimum Gasteiger partial charge on any atom is -0.380 e. The Morgan fingerprint density at radius 3 is 2.75 bits per heavy atom. The van der Waals surface area contributed by atoms with Crippen LogP contribution in [0.15, 0.2) is 0 Å². The molecule has 1 fully saturated rings. The summed E-state index contributed by atoms with van der Waals surface area (Å²) >= 11 is 0. The number of rotatable bonds is 9. The summed E-state index contributed by atoms with van der Waals surface area (Å²) < 4.78 is 10.7. The van der Waals surface area contributed by atoms with E-state index in [1.807, 2.05) is 0 Å². The van der Waals surface area contributed by atoms with Crippen molar-refractivity contribution in [2.45, 2.75) is 19.8 Å². The minimum atomic E-state index is 0.839. The largest absolute Gasteiger partial charge is 0.380 e. The molecule has 0 unspecified atom stereocenters. The number of hydrogen-bond donors (Lipinski definition) is 1. The van der Waals surface area contributed by atoms with Crippen molar-refractivity contribution in [3.63, 3.8) is 0 Å². The first-order valence-corrected chi connectivity index (χ1v) is 6.52. The molecule has 0 aromatic carbocycles. The van der Waals surface area contributed by atoms with Crippen LogP contribution < -0.4 is 5.32 Å². The summed E-state index contributed by atoms with van der Waals surface area (Å²) in [6.07, 6.45) is 2.32. The molecule has 0 radical (unpaired) electrons. The minimum absolute atomic E-state index is 0.839. The highest BCUT2D eigenvalue weighted by atomic mass is 16.5. The van der Waals surface area contributed by atoms with Crippen molar-refractivity contribution in [2.75, 3.05) is 59.2 Å². The average Bonchev–Trinajstić information content (AvgIpc) is 2.34. The van der Waals surface area contributed by atoms with Crippen LogP contribution in [0.25, 0.3) is 0 Å². The van der Waals surface area contributed by atoms with Crippen molar-refractivity contribution in [3.05, 3.63) is 0 Å². The van der Waals surface area contributed by atoms with Gasteiger partial charge in [-0.2, -0.15) is 0 Å². The van der Waals surface area contributed by atoms with Gasteiger partial charge in [0.1, 0.15) is 0 Å². The van der Waals surface area contributed by atoms with E-state index >= 15 is 0 Å². The summed E-state index contributed by atoms with van der Waals surface area (Å²) in [5, 5.41) is 3.40. The molecule has 0 bridgehead atoms. The lowest BCUT2D eigenvalue weighted by atomic mass is 10.3. The third-order valence-corrected chi connectivity index (χ3v) is 2.70. The van der Waals surface area contributed by atoms with Gasteiger partial charge >= 0.3 is 0 Å². The van der Waals surface area contributed by atoms with E-state index in [1.54, 1.807) is 0 Å². The highest BCUT2D eigenvalue weighted by Crippen LogP contribution is 1.97. The van der Waals surface area contributed by atoms with Gasteiger partial charge in [-0.3, -0.25) is 4.90 Å². The molecule has 0 aromatic rings. The third kappa shape index (κ3) is 7.17. The summed E-state index contributed by atoms with van der Waals surface area (Å²) in [5.74, 6) is 0. The van der Waals surface area contributed by atoms with Crippen LogP contribution in [0, 0.1) is 0 Å². The molecule has 4 heteroatoms. The molecular weight excluding hydrogens is 204 g/mol. The molecule has 4 nitrogen and oxygen atoms in total. The van der Waals surface area contributed by atoms with Gasteiger partial charge in [0.15, 0.2) is 0 Å². The number of nitrogens with zero attached hydrogens (tertiary/aromatic N) is 1. The molecule has 1 rings (SSSR count). The quantitative estimate of drug-likeness (QED) is 0.592. The van der Waals surface area contributed by atoms with E-state index in [4.69, 9.17) is 9.47 Å². The van der Waals surface area contributed by atoms with Crippen LogP contribution in [0.1, 0.15) is 19.8 Å². The zero-order valence-corrected chi connectivity index (χ0v) is 10.5. The van der Waals surface area contributed by atoms with E-state index in [2.05, 4.69) is 17.1 Å². The first-order chi connectivity index (χ1) is 7.93. The summed E-state index contributed by atoms with van der Waals surface area (Å²) in [4.78, 5) is 2.47. The molecule has 0 saturated carbocycles. The average molecular weight is 230 g/mol. The summed E-state index contributed by atoms with van der Waals surface area (Å²) in [6.45, 7) is 11.1. The fraction of sp³-hybridized carbons (Fsp3) is 1.00. The second-order valence-electron chi connectivity index (χ2n) is 4.17. The topological polar surface area (TPSA) is 33.7 Å². The van der Waals surface area contributed by atoms with Crippen LogP contribution in [0.2, 0.25) is 0 Å². The molecule has 1 aliphatic rings.